The number of rotatable bonds is 9. The SMILES string of the molecule is Cc1noc(-c2ccc(OC3CC[C@@H](CC(=O)O)C3)cn2)c1CNc1nccc(-c2ccccn2)n1. The Balaban J connectivity index is 1.24. The Hall–Kier alpha value is -4.34. The molecule has 1 fully saturated rings. The summed E-state index contributed by atoms with van der Waals surface area (Å²) in [6.07, 6.45) is 7.74. The molecule has 0 spiro atoms. The topological polar surface area (TPSA) is 136 Å². The number of pyridine rings is 2. The number of carboxylic acids is 1. The van der Waals surface area contributed by atoms with E-state index in [-0.39, 0.29) is 18.4 Å². The van der Waals surface area contributed by atoms with E-state index in [0.717, 1.165) is 41.9 Å². The summed E-state index contributed by atoms with van der Waals surface area (Å²) in [5, 5.41) is 16.4. The number of aromatic nitrogens is 5. The summed E-state index contributed by atoms with van der Waals surface area (Å²) in [5.41, 5.74) is 3.74. The van der Waals surface area contributed by atoms with Crippen LogP contribution in [0.5, 0.6) is 5.75 Å². The number of hydrogen-bond acceptors (Lipinski definition) is 9. The maximum Gasteiger partial charge on any atom is 0.303 e. The lowest BCUT2D eigenvalue weighted by molar-refractivity contribution is -0.138. The first-order valence-electron chi connectivity index (χ1n) is 11.8. The van der Waals surface area contributed by atoms with Gasteiger partial charge in [0.25, 0.3) is 0 Å². The minimum atomic E-state index is -0.758. The minimum absolute atomic E-state index is 0.0103. The summed E-state index contributed by atoms with van der Waals surface area (Å²) in [4.78, 5) is 28.7. The Kier molecular flexibility index (Phi) is 6.83. The number of nitrogens with one attached hydrogen (secondary N) is 1. The molecule has 0 saturated heterocycles. The summed E-state index contributed by atoms with van der Waals surface area (Å²) < 4.78 is 11.6. The molecule has 0 aromatic carbocycles. The Morgan fingerprint density at radius 3 is 2.78 bits per heavy atom. The Morgan fingerprint density at radius 2 is 2.00 bits per heavy atom. The predicted molar refractivity (Wildman–Crippen MR) is 131 cm³/mol. The molecule has 0 aliphatic heterocycles. The van der Waals surface area contributed by atoms with Crippen LogP contribution in [0.25, 0.3) is 22.8 Å². The van der Waals surface area contributed by atoms with Crippen molar-refractivity contribution in [3.05, 3.63) is 66.2 Å². The minimum Gasteiger partial charge on any atom is -0.489 e. The van der Waals surface area contributed by atoms with Crippen molar-refractivity contribution in [3.63, 3.8) is 0 Å². The average Bonchev–Trinajstić information content (AvgIpc) is 3.49. The fraction of sp³-hybridized carbons (Fsp3) is 0.308. The van der Waals surface area contributed by atoms with Crippen LogP contribution in [0.4, 0.5) is 5.95 Å². The number of aryl methyl sites for hydroxylation is 1. The van der Waals surface area contributed by atoms with Gasteiger partial charge in [0.05, 0.1) is 29.4 Å². The van der Waals surface area contributed by atoms with E-state index in [9.17, 15) is 4.79 Å². The van der Waals surface area contributed by atoms with E-state index in [1.54, 1.807) is 18.6 Å². The van der Waals surface area contributed by atoms with Crippen LogP contribution in [-0.4, -0.2) is 42.3 Å². The van der Waals surface area contributed by atoms with E-state index in [1.807, 2.05) is 43.3 Å². The molecule has 36 heavy (non-hydrogen) atoms. The van der Waals surface area contributed by atoms with Gasteiger partial charge in [-0.05, 0) is 62.4 Å². The highest BCUT2D eigenvalue weighted by Gasteiger charge is 2.28. The van der Waals surface area contributed by atoms with Crippen LogP contribution in [0.3, 0.4) is 0 Å². The van der Waals surface area contributed by atoms with Crippen molar-refractivity contribution in [3.8, 4) is 28.6 Å². The first-order chi connectivity index (χ1) is 17.5. The van der Waals surface area contributed by atoms with Gasteiger partial charge in [-0.2, -0.15) is 0 Å². The summed E-state index contributed by atoms with van der Waals surface area (Å²) in [6, 6.07) is 11.2. The lowest BCUT2D eigenvalue weighted by Gasteiger charge is -2.13. The van der Waals surface area contributed by atoms with Crippen molar-refractivity contribution in [2.24, 2.45) is 5.92 Å². The highest BCUT2D eigenvalue weighted by molar-refractivity contribution is 5.67. The van der Waals surface area contributed by atoms with Crippen LogP contribution in [0, 0.1) is 12.8 Å². The third-order valence-electron chi connectivity index (χ3n) is 6.22. The van der Waals surface area contributed by atoms with Crippen molar-refractivity contribution in [1.29, 1.82) is 0 Å². The molecule has 10 heteroatoms. The van der Waals surface area contributed by atoms with E-state index in [4.69, 9.17) is 14.4 Å². The fourth-order valence-corrected chi connectivity index (χ4v) is 4.41. The maximum atomic E-state index is 10.9. The first-order valence-corrected chi connectivity index (χ1v) is 11.8. The number of hydrogen-bond donors (Lipinski definition) is 2. The second kappa shape index (κ2) is 10.5. The van der Waals surface area contributed by atoms with E-state index >= 15 is 0 Å². The van der Waals surface area contributed by atoms with Crippen molar-refractivity contribution in [2.75, 3.05) is 5.32 Å². The van der Waals surface area contributed by atoms with Gasteiger partial charge in [0, 0.05) is 30.9 Å². The number of ether oxygens (including phenoxy) is 1. The lowest BCUT2D eigenvalue weighted by Crippen LogP contribution is -2.13. The molecule has 0 bridgehead atoms. The lowest BCUT2D eigenvalue weighted by atomic mass is 10.0. The van der Waals surface area contributed by atoms with Crippen molar-refractivity contribution in [2.45, 2.75) is 45.3 Å². The van der Waals surface area contributed by atoms with Gasteiger partial charge in [0.15, 0.2) is 5.76 Å². The Labute approximate surface area is 207 Å². The number of carbonyl (C=O) groups is 1. The van der Waals surface area contributed by atoms with E-state index in [0.29, 0.717) is 29.7 Å². The smallest absolute Gasteiger partial charge is 0.303 e. The van der Waals surface area contributed by atoms with Crippen LogP contribution in [0.2, 0.25) is 0 Å². The van der Waals surface area contributed by atoms with Gasteiger partial charge in [-0.25, -0.2) is 15.0 Å². The van der Waals surface area contributed by atoms with E-state index in [1.165, 1.54) is 0 Å². The fourth-order valence-electron chi connectivity index (χ4n) is 4.41. The van der Waals surface area contributed by atoms with Gasteiger partial charge in [0.2, 0.25) is 5.95 Å². The number of carboxylic acid groups (broad SMARTS) is 1. The van der Waals surface area contributed by atoms with Gasteiger partial charge in [-0.15, -0.1) is 0 Å². The quantitative estimate of drug-likeness (QED) is 0.347. The normalized spacial score (nSPS) is 17.1. The zero-order valence-electron chi connectivity index (χ0n) is 19.8. The summed E-state index contributed by atoms with van der Waals surface area (Å²) >= 11 is 0. The van der Waals surface area contributed by atoms with Gasteiger partial charge in [0.1, 0.15) is 11.4 Å². The molecule has 184 valence electrons. The van der Waals surface area contributed by atoms with Gasteiger partial charge >= 0.3 is 5.97 Å². The monoisotopic (exact) mass is 486 g/mol. The molecule has 10 nitrogen and oxygen atoms in total. The molecule has 1 aliphatic rings. The van der Waals surface area contributed by atoms with Crippen molar-refractivity contribution < 1.29 is 19.2 Å². The van der Waals surface area contributed by atoms with E-state index < -0.39 is 5.97 Å². The average molecular weight is 487 g/mol. The molecule has 1 unspecified atom stereocenters. The molecule has 0 amide bonds. The standard InChI is InChI=1S/C26H26N6O4/c1-16-20(15-30-26-28-11-9-22(31-26)21-4-2-3-10-27-21)25(36-32-16)23-8-7-19(14-29-23)35-18-6-5-17(12-18)13-24(33)34/h2-4,7-11,14,17-18H,5-6,12-13,15H2,1H3,(H,33,34)(H,28,30,31)/t17-,18?/m1/s1. The molecular weight excluding hydrogens is 460 g/mol. The van der Waals surface area contributed by atoms with Gasteiger partial charge in [-0.3, -0.25) is 9.78 Å². The predicted octanol–water partition coefficient (Wildman–Crippen LogP) is 4.53. The highest BCUT2D eigenvalue weighted by Crippen LogP contribution is 2.32. The number of anilines is 1. The number of aliphatic carboxylic acids is 1. The molecule has 4 aromatic heterocycles. The third-order valence-corrected chi connectivity index (χ3v) is 6.22. The Bertz CT molecular complexity index is 1330. The second-order valence-electron chi connectivity index (χ2n) is 8.81. The molecule has 2 N–H and O–H groups in total. The number of nitrogens with zero attached hydrogens (tertiary/aromatic N) is 5. The molecular formula is C26H26N6O4. The Morgan fingerprint density at radius 1 is 1.08 bits per heavy atom. The van der Waals surface area contributed by atoms with Crippen LogP contribution < -0.4 is 10.1 Å². The summed E-state index contributed by atoms with van der Waals surface area (Å²) in [6.45, 7) is 2.28. The molecule has 2 atom stereocenters. The van der Waals surface area contributed by atoms with Gasteiger partial charge in [-0.1, -0.05) is 11.2 Å². The zero-order valence-corrected chi connectivity index (χ0v) is 19.8. The van der Waals surface area contributed by atoms with E-state index in [2.05, 4.69) is 30.4 Å². The van der Waals surface area contributed by atoms with Crippen LogP contribution in [-0.2, 0) is 11.3 Å². The molecule has 1 saturated carbocycles. The maximum absolute atomic E-state index is 10.9. The van der Waals surface area contributed by atoms with Gasteiger partial charge < -0.3 is 19.7 Å². The summed E-state index contributed by atoms with van der Waals surface area (Å²) in [5.74, 6) is 1.09. The van der Waals surface area contributed by atoms with Crippen LogP contribution in [0.15, 0.2) is 59.5 Å². The molecule has 0 radical (unpaired) electrons. The largest absolute Gasteiger partial charge is 0.489 e. The molecule has 4 aromatic rings. The highest BCUT2D eigenvalue weighted by atomic mass is 16.5. The third kappa shape index (κ3) is 5.48. The van der Waals surface area contributed by atoms with Crippen LogP contribution >= 0.6 is 0 Å². The molecule has 5 rings (SSSR count). The zero-order chi connectivity index (χ0) is 24.9. The molecule has 1 aliphatic carbocycles. The van der Waals surface area contributed by atoms with Crippen molar-refractivity contribution >= 4 is 11.9 Å². The summed E-state index contributed by atoms with van der Waals surface area (Å²) in [7, 11) is 0. The first kappa shape index (κ1) is 23.4. The second-order valence-corrected chi connectivity index (χ2v) is 8.81. The van der Waals surface area contributed by atoms with Crippen molar-refractivity contribution in [1.82, 2.24) is 25.1 Å². The van der Waals surface area contributed by atoms with Crippen LogP contribution in [0.1, 0.15) is 36.9 Å². The molecule has 4 heterocycles.